The molecule has 2 aromatic heterocycles. The van der Waals surface area contributed by atoms with Crippen molar-refractivity contribution < 1.29 is 9.53 Å². The van der Waals surface area contributed by atoms with E-state index in [1.807, 2.05) is 32.9 Å². The maximum absolute atomic E-state index is 13.4. The fraction of sp³-hybridized carbons (Fsp3) is 0.429. The molecule has 0 saturated carbocycles. The molecular weight excluding hydrogens is 420 g/mol. The van der Waals surface area contributed by atoms with Crippen molar-refractivity contribution in [2.75, 3.05) is 24.5 Å². The van der Waals surface area contributed by atoms with E-state index in [-0.39, 0.29) is 23.7 Å². The summed E-state index contributed by atoms with van der Waals surface area (Å²) in [7, 11) is 0. The van der Waals surface area contributed by atoms with Crippen molar-refractivity contribution in [3.63, 3.8) is 0 Å². The van der Waals surface area contributed by atoms with Crippen LogP contribution in [-0.2, 0) is 9.53 Å². The molecule has 1 amide bonds. The van der Waals surface area contributed by atoms with Gasteiger partial charge >= 0.3 is 0 Å². The number of pyridine rings is 1. The standard InChI is InChI=1S/C21H24N4O3S2/c1-4-8-25-20(27)16(30-21(25)29)10-15-18(23-11-13(2)28-14(3)12-23)22-17-7-5-6-9-24(17)19(15)26/h5-7,9-10,13-14H,4,8,11-12H2,1-3H3/b16-10+. The number of hydrogen-bond acceptors (Lipinski definition) is 7. The lowest BCUT2D eigenvalue weighted by Crippen LogP contribution is -2.46. The number of thioether (sulfide) groups is 1. The third-order valence-corrected chi connectivity index (χ3v) is 6.44. The molecule has 2 saturated heterocycles. The van der Waals surface area contributed by atoms with Gasteiger partial charge in [-0.2, -0.15) is 0 Å². The minimum absolute atomic E-state index is 0.0142. The molecular formula is C21H24N4O3S2. The third-order valence-electron chi connectivity index (χ3n) is 5.06. The Labute approximate surface area is 184 Å². The van der Waals surface area contributed by atoms with Crippen LogP contribution in [0.2, 0.25) is 0 Å². The molecule has 4 heterocycles. The van der Waals surface area contributed by atoms with Crippen molar-refractivity contribution in [3.8, 4) is 0 Å². The summed E-state index contributed by atoms with van der Waals surface area (Å²) < 4.78 is 7.89. The average Bonchev–Trinajstić information content (AvgIpc) is 2.97. The number of nitrogens with zero attached hydrogens (tertiary/aromatic N) is 4. The molecule has 0 N–H and O–H groups in total. The summed E-state index contributed by atoms with van der Waals surface area (Å²) in [4.78, 5) is 35.2. The highest BCUT2D eigenvalue weighted by atomic mass is 32.2. The van der Waals surface area contributed by atoms with Gasteiger partial charge < -0.3 is 9.64 Å². The van der Waals surface area contributed by atoms with Crippen molar-refractivity contribution in [1.82, 2.24) is 14.3 Å². The van der Waals surface area contributed by atoms with E-state index in [9.17, 15) is 9.59 Å². The molecule has 0 bridgehead atoms. The lowest BCUT2D eigenvalue weighted by atomic mass is 10.2. The van der Waals surface area contributed by atoms with Gasteiger partial charge in [-0.15, -0.1) is 0 Å². The summed E-state index contributed by atoms with van der Waals surface area (Å²) in [6.45, 7) is 7.83. The van der Waals surface area contributed by atoms with Crippen LogP contribution >= 0.6 is 24.0 Å². The molecule has 4 rings (SSSR count). The van der Waals surface area contributed by atoms with Crippen LogP contribution < -0.4 is 10.5 Å². The number of rotatable bonds is 4. The number of carbonyl (C=O) groups is 1. The Kier molecular flexibility index (Phi) is 5.95. The second-order valence-electron chi connectivity index (χ2n) is 7.58. The van der Waals surface area contributed by atoms with Gasteiger partial charge in [-0.25, -0.2) is 4.98 Å². The molecule has 0 aliphatic carbocycles. The van der Waals surface area contributed by atoms with E-state index in [0.717, 1.165) is 6.42 Å². The molecule has 0 aromatic carbocycles. The number of thiocarbonyl (C=S) groups is 1. The Balaban J connectivity index is 1.86. The van der Waals surface area contributed by atoms with Crippen LogP contribution in [0.5, 0.6) is 0 Å². The number of amides is 1. The molecule has 9 heteroatoms. The zero-order valence-corrected chi connectivity index (χ0v) is 18.8. The number of ether oxygens (including phenoxy) is 1. The Morgan fingerprint density at radius 3 is 2.70 bits per heavy atom. The summed E-state index contributed by atoms with van der Waals surface area (Å²) in [6.07, 6.45) is 4.19. The molecule has 2 fully saturated rings. The monoisotopic (exact) mass is 444 g/mol. The topological polar surface area (TPSA) is 67.2 Å². The first-order valence-corrected chi connectivity index (χ1v) is 11.3. The molecule has 2 aliphatic rings. The first-order chi connectivity index (χ1) is 14.4. The highest BCUT2D eigenvalue weighted by Gasteiger charge is 2.33. The van der Waals surface area contributed by atoms with Crippen molar-refractivity contribution in [2.45, 2.75) is 39.4 Å². The number of morpholine rings is 1. The molecule has 2 atom stereocenters. The van der Waals surface area contributed by atoms with Gasteiger partial charge in [0, 0.05) is 25.8 Å². The Morgan fingerprint density at radius 1 is 1.27 bits per heavy atom. The first kappa shape index (κ1) is 21.0. The predicted octanol–water partition coefficient (Wildman–Crippen LogP) is 2.92. The molecule has 2 aliphatic heterocycles. The maximum Gasteiger partial charge on any atom is 0.267 e. The van der Waals surface area contributed by atoms with Crippen molar-refractivity contribution in [2.24, 2.45) is 0 Å². The van der Waals surface area contributed by atoms with Crippen LogP contribution in [0.1, 0.15) is 32.8 Å². The maximum atomic E-state index is 13.4. The lowest BCUT2D eigenvalue weighted by Gasteiger charge is -2.36. The van der Waals surface area contributed by atoms with Crippen molar-refractivity contribution >= 4 is 51.7 Å². The van der Waals surface area contributed by atoms with Crippen molar-refractivity contribution in [1.29, 1.82) is 0 Å². The van der Waals surface area contributed by atoms with Crippen molar-refractivity contribution in [3.05, 3.63) is 45.2 Å². The molecule has 158 valence electrons. The number of aromatic nitrogens is 2. The smallest absolute Gasteiger partial charge is 0.267 e. The SMILES string of the molecule is CCCN1C(=O)/C(=C\c2c(N3CC(C)OC(C)C3)nc3ccccn3c2=O)SC1=S. The van der Waals surface area contributed by atoms with Gasteiger partial charge in [0.15, 0.2) is 0 Å². The van der Waals surface area contributed by atoms with Gasteiger partial charge in [0.2, 0.25) is 0 Å². The average molecular weight is 445 g/mol. The lowest BCUT2D eigenvalue weighted by molar-refractivity contribution is -0.122. The van der Waals surface area contributed by atoms with E-state index in [1.54, 1.807) is 23.2 Å². The fourth-order valence-electron chi connectivity index (χ4n) is 3.86. The van der Waals surface area contributed by atoms with Crippen LogP contribution in [0.15, 0.2) is 34.1 Å². The van der Waals surface area contributed by atoms with Gasteiger partial charge in [-0.05, 0) is 38.5 Å². The number of hydrogen-bond donors (Lipinski definition) is 0. The minimum Gasteiger partial charge on any atom is -0.372 e. The predicted molar refractivity (Wildman–Crippen MR) is 124 cm³/mol. The first-order valence-electron chi connectivity index (χ1n) is 10.1. The molecule has 2 unspecified atom stereocenters. The Morgan fingerprint density at radius 2 is 2.00 bits per heavy atom. The van der Waals surface area contributed by atoms with Gasteiger partial charge in [0.25, 0.3) is 11.5 Å². The minimum atomic E-state index is -0.205. The Bertz CT molecular complexity index is 1090. The van der Waals surface area contributed by atoms with E-state index in [2.05, 4.69) is 4.90 Å². The fourth-order valence-corrected chi connectivity index (χ4v) is 5.15. The molecule has 0 radical (unpaired) electrons. The summed E-state index contributed by atoms with van der Waals surface area (Å²) in [6, 6.07) is 5.45. The summed E-state index contributed by atoms with van der Waals surface area (Å²) >= 11 is 6.61. The van der Waals surface area contributed by atoms with E-state index in [0.29, 0.717) is 45.9 Å². The van der Waals surface area contributed by atoms with Crippen LogP contribution in [0.4, 0.5) is 5.82 Å². The second kappa shape index (κ2) is 8.49. The third kappa shape index (κ3) is 3.89. The van der Waals surface area contributed by atoms with Gasteiger partial charge in [0.1, 0.15) is 15.8 Å². The zero-order chi connectivity index (χ0) is 21.4. The molecule has 30 heavy (non-hydrogen) atoms. The van der Waals surface area contributed by atoms with Gasteiger partial charge in [0.05, 0.1) is 22.7 Å². The van der Waals surface area contributed by atoms with E-state index in [4.69, 9.17) is 21.9 Å². The number of carbonyl (C=O) groups excluding carboxylic acids is 1. The van der Waals surface area contributed by atoms with Crippen LogP contribution in [-0.4, -0.2) is 56.4 Å². The van der Waals surface area contributed by atoms with Gasteiger partial charge in [-0.1, -0.05) is 37.0 Å². The largest absolute Gasteiger partial charge is 0.372 e. The van der Waals surface area contributed by atoms with Gasteiger partial charge in [-0.3, -0.25) is 18.9 Å². The quantitative estimate of drug-likeness (QED) is 0.531. The van der Waals surface area contributed by atoms with Crippen LogP contribution in [0, 0.1) is 0 Å². The molecule has 2 aromatic rings. The Hall–Kier alpha value is -2.23. The summed E-state index contributed by atoms with van der Waals surface area (Å²) in [5, 5.41) is 0. The van der Waals surface area contributed by atoms with Crippen LogP contribution in [0.25, 0.3) is 11.7 Å². The highest BCUT2D eigenvalue weighted by molar-refractivity contribution is 8.26. The molecule has 0 spiro atoms. The second-order valence-corrected chi connectivity index (χ2v) is 9.25. The number of anilines is 1. The van der Waals surface area contributed by atoms with Crippen LogP contribution in [0.3, 0.4) is 0 Å². The highest BCUT2D eigenvalue weighted by Crippen LogP contribution is 2.34. The number of fused-ring (bicyclic) bond motifs is 1. The van der Waals surface area contributed by atoms with E-state index < -0.39 is 0 Å². The van der Waals surface area contributed by atoms with E-state index >= 15 is 0 Å². The van der Waals surface area contributed by atoms with E-state index in [1.165, 1.54) is 16.2 Å². The zero-order valence-electron chi connectivity index (χ0n) is 17.2. The molecule has 7 nitrogen and oxygen atoms in total. The summed E-state index contributed by atoms with van der Waals surface area (Å²) in [5.74, 6) is 0.424. The normalized spacial score (nSPS) is 23.8. The summed E-state index contributed by atoms with van der Waals surface area (Å²) in [5.41, 5.74) is 0.764.